The van der Waals surface area contributed by atoms with Crippen molar-refractivity contribution in [3.63, 3.8) is 0 Å². The minimum absolute atomic E-state index is 0.545. The number of aldehydes is 1. The van der Waals surface area contributed by atoms with Gasteiger partial charge in [-0.05, 0) is 31.2 Å². The lowest BCUT2D eigenvalue weighted by molar-refractivity contribution is 0.112. The molecule has 3 heteroatoms. The number of nitrogens with zero attached hydrogens (tertiary/aromatic N) is 1. The maximum atomic E-state index is 10.7. The molecule has 0 radical (unpaired) electrons. The van der Waals surface area contributed by atoms with Crippen LogP contribution in [0.1, 0.15) is 15.9 Å². The van der Waals surface area contributed by atoms with Crippen LogP contribution in [0.15, 0.2) is 47.1 Å². The Kier molecular flexibility index (Phi) is 2.45. The van der Waals surface area contributed by atoms with Gasteiger partial charge in [0.2, 0.25) is 0 Å². The van der Waals surface area contributed by atoms with Gasteiger partial charge in [0.25, 0.3) is 0 Å². The summed E-state index contributed by atoms with van der Waals surface area (Å²) in [5.41, 5.74) is 3.39. The highest BCUT2D eigenvalue weighted by atomic mass is 16.3. The van der Waals surface area contributed by atoms with Gasteiger partial charge in [0.1, 0.15) is 11.3 Å². The van der Waals surface area contributed by atoms with Crippen molar-refractivity contribution in [3.05, 3.63) is 53.9 Å². The second-order valence-corrected chi connectivity index (χ2v) is 4.28. The molecular weight excluding hydrogens is 226 g/mol. The lowest BCUT2D eigenvalue weighted by Crippen LogP contribution is -1.83. The van der Waals surface area contributed by atoms with Crippen LogP contribution in [0.4, 0.5) is 0 Å². The molecule has 3 nitrogen and oxygen atoms in total. The van der Waals surface area contributed by atoms with Crippen molar-refractivity contribution in [2.24, 2.45) is 0 Å². The molecule has 0 bridgehead atoms. The number of aryl methyl sites for hydroxylation is 1. The van der Waals surface area contributed by atoms with Crippen LogP contribution in [-0.2, 0) is 0 Å². The van der Waals surface area contributed by atoms with Gasteiger partial charge in [0.05, 0.1) is 0 Å². The highest BCUT2D eigenvalue weighted by Gasteiger charge is 2.07. The number of hydrogen-bond acceptors (Lipinski definition) is 3. The van der Waals surface area contributed by atoms with Crippen molar-refractivity contribution >= 4 is 17.3 Å². The molecule has 0 fully saturated rings. The molecule has 0 aliphatic rings. The summed E-state index contributed by atoms with van der Waals surface area (Å²) in [6, 6.07) is 9.76. The molecule has 88 valence electrons. The van der Waals surface area contributed by atoms with Crippen LogP contribution in [0.2, 0.25) is 0 Å². The summed E-state index contributed by atoms with van der Waals surface area (Å²) in [5, 5.41) is 1.06. The zero-order chi connectivity index (χ0) is 12.5. The average molecular weight is 237 g/mol. The van der Waals surface area contributed by atoms with Gasteiger partial charge in [0.15, 0.2) is 6.29 Å². The van der Waals surface area contributed by atoms with E-state index in [0.717, 1.165) is 28.6 Å². The standard InChI is InChI=1S/C15H11NO2/c1-10-2-3-14-12(4-10)6-15(18-14)13-5-11(9-17)7-16-8-13/h2-9H,1H3. The molecule has 18 heavy (non-hydrogen) atoms. The molecule has 0 amide bonds. The first-order valence-electron chi connectivity index (χ1n) is 5.67. The molecule has 1 aromatic carbocycles. The zero-order valence-electron chi connectivity index (χ0n) is 9.88. The van der Waals surface area contributed by atoms with Crippen molar-refractivity contribution in [1.29, 1.82) is 0 Å². The molecule has 0 atom stereocenters. The van der Waals surface area contributed by atoms with Crippen LogP contribution in [0, 0.1) is 6.92 Å². The van der Waals surface area contributed by atoms with Crippen molar-refractivity contribution in [2.75, 3.05) is 0 Å². The summed E-state index contributed by atoms with van der Waals surface area (Å²) in [4.78, 5) is 14.8. The third-order valence-electron chi connectivity index (χ3n) is 2.85. The van der Waals surface area contributed by atoms with E-state index in [2.05, 4.69) is 11.1 Å². The Hall–Kier alpha value is -2.42. The van der Waals surface area contributed by atoms with Gasteiger partial charge in [0, 0.05) is 28.9 Å². The summed E-state index contributed by atoms with van der Waals surface area (Å²) in [6.45, 7) is 2.04. The first-order chi connectivity index (χ1) is 8.76. The first-order valence-corrected chi connectivity index (χ1v) is 5.67. The molecule has 0 aliphatic heterocycles. The molecular formula is C15H11NO2. The number of furan rings is 1. The van der Waals surface area contributed by atoms with E-state index in [9.17, 15) is 4.79 Å². The zero-order valence-corrected chi connectivity index (χ0v) is 9.88. The van der Waals surface area contributed by atoms with Gasteiger partial charge in [-0.15, -0.1) is 0 Å². The Morgan fingerprint density at radius 3 is 2.89 bits per heavy atom. The fourth-order valence-electron chi connectivity index (χ4n) is 1.96. The number of carbonyl (C=O) groups is 1. The molecule has 0 unspecified atom stereocenters. The predicted molar refractivity (Wildman–Crippen MR) is 69.6 cm³/mol. The molecule has 3 aromatic rings. The molecule has 0 saturated carbocycles. The second-order valence-electron chi connectivity index (χ2n) is 4.28. The fourth-order valence-corrected chi connectivity index (χ4v) is 1.96. The van der Waals surface area contributed by atoms with Crippen molar-refractivity contribution in [2.45, 2.75) is 6.92 Å². The van der Waals surface area contributed by atoms with Crippen LogP contribution >= 0.6 is 0 Å². The number of carbonyl (C=O) groups excluding carboxylic acids is 1. The number of aromatic nitrogens is 1. The number of rotatable bonds is 2. The normalized spacial score (nSPS) is 10.7. The summed E-state index contributed by atoms with van der Waals surface area (Å²) in [5.74, 6) is 0.729. The number of benzene rings is 1. The molecule has 0 spiro atoms. The summed E-state index contributed by atoms with van der Waals surface area (Å²) in [7, 11) is 0. The monoisotopic (exact) mass is 237 g/mol. The molecule has 0 saturated heterocycles. The number of fused-ring (bicyclic) bond motifs is 1. The van der Waals surface area contributed by atoms with Crippen molar-refractivity contribution in [1.82, 2.24) is 4.98 Å². The number of pyridine rings is 1. The number of hydrogen-bond donors (Lipinski definition) is 0. The van der Waals surface area contributed by atoms with E-state index in [1.165, 1.54) is 11.8 Å². The van der Waals surface area contributed by atoms with Crippen LogP contribution in [0.5, 0.6) is 0 Å². The van der Waals surface area contributed by atoms with Crippen molar-refractivity contribution in [3.8, 4) is 11.3 Å². The smallest absolute Gasteiger partial charge is 0.151 e. The van der Waals surface area contributed by atoms with Crippen LogP contribution in [0.25, 0.3) is 22.3 Å². The molecule has 2 heterocycles. The molecule has 3 rings (SSSR count). The Morgan fingerprint density at radius 1 is 1.17 bits per heavy atom. The van der Waals surface area contributed by atoms with Gasteiger partial charge in [-0.3, -0.25) is 9.78 Å². The molecule has 0 aliphatic carbocycles. The van der Waals surface area contributed by atoms with Gasteiger partial charge >= 0.3 is 0 Å². The first kappa shape index (κ1) is 10.7. The predicted octanol–water partition coefficient (Wildman–Crippen LogP) is 3.62. The van der Waals surface area contributed by atoms with E-state index >= 15 is 0 Å². The quantitative estimate of drug-likeness (QED) is 0.639. The lowest BCUT2D eigenvalue weighted by atomic mass is 10.1. The van der Waals surface area contributed by atoms with Crippen LogP contribution < -0.4 is 0 Å². The fraction of sp³-hybridized carbons (Fsp3) is 0.0667. The van der Waals surface area contributed by atoms with E-state index in [1.807, 2.05) is 25.1 Å². The van der Waals surface area contributed by atoms with E-state index < -0.39 is 0 Å². The third-order valence-corrected chi connectivity index (χ3v) is 2.85. The van der Waals surface area contributed by atoms with E-state index in [1.54, 1.807) is 12.3 Å². The minimum atomic E-state index is 0.545. The average Bonchev–Trinajstić information content (AvgIpc) is 2.81. The van der Waals surface area contributed by atoms with Gasteiger partial charge in [-0.1, -0.05) is 11.6 Å². The van der Waals surface area contributed by atoms with E-state index in [0.29, 0.717) is 5.56 Å². The van der Waals surface area contributed by atoms with Gasteiger partial charge in [-0.25, -0.2) is 0 Å². The lowest BCUT2D eigenvalue weighted by Gasteiger charge is -1.96. The topological polar surface area (TPSA) is 43.1 Å². The third kappa shape index (κ3) is 1.80. The van der Waals surface area contributed by atoms with E-state index in [-0.39, 0.29) is 0 Å². The Bertz CT molecular complexity index is 728. The summed E-state index contributed by atoms with van der Waals surface area (Å²) >= 11 is 0. The maximum absolute atomic E-state index is 10.7. The largest absolute Gasteiger partial charge is 0.456 e. The molecule has 2 aromatic heterocycles. The Morgan fingerprint density at radius 2 is 2.06 bits per heavy atom. The Balaban J connectivity index is 2.15. The maximum Gasteiger partial charge on any atom is 0.151 e. The highest BCUT2D eigenvalue weighted by molar-refractivity contribution is 5.84. The highest BCUT2D eigenvalue weighted by Crippen LogP contribution is 2.28. The van der Waals surface area contributed by atoms with Crippen LogP contribution in [0.3, 0.4) is 0 Å². The summed E-state index contributed by atoms with van der Waals surface area (Å²) < 4.78 is 5.75. The van der Waals surface area contributed by atoms with Gasteiger partial charge in [-0.2, -0.15) is 0 Å². The summed E-state index contributed by atoms with van der Waals surface area (Å²) in [6.07, 6.45) is 4.00. The SMILES string of the molecule is Cc1ccc2oc(-c3cncc(C=O)c3)cc2c1. The molecule has 0 N–H and O–H groups in total. The van der Waals surface area contributed by atoms with Crippen molar-refractivity contribution < 1.29 is 9.21 Å². The Labute approximate surface area is 104 Å². The second kappa shape index (κ2) is 4.11. The van der Waals surface area contributed by atoms with Gasteiger partial charge < -0.3 is 4.42 Å². The van der Waals surface area contributed by atoms with Crippen LogP contribution in [-0.4, -0.2) is 11.3 Å². The van der Waals surface area contributed by atoms with E-state index in [4.69, 9.17) is 4.42 Å². The minimum Gasteiger partial charge on any atom is -0.456 e.